The Morgan fingerprint density at radius 3 is 1.82 bits per heavy atom. The highest BCUT2D eigenvalue weighted by Crippen LogP contribution is 2.34. The second-order valence-corrected chi connectivity index (χ2v) is 9.67. The molecule has 5 aromatic carbocycles. The van der Waals surface area contributed by atoms with E-state index >= 15 is 0 Å². The summed E-state index contributed by atoms with van der Waals surface area (Å²) in [6, 6.07) is 38.5. The topological polar surface area (TPSA) is 86.4 Å². The second kappa shape index (κ2) is 9.64. The Labute approximate surface area is 231 Å². The summed E-state index contributed by atoms with van der Waals surface area (Å²) in [5.41, 5.74) is 6.92. The minimum Gasteiger partial charge on any atom is -0.299 e. The number of rotatable bonds is 4. The zero-order chi connectivity index (χ0) is 27.1. The summed E-state index contributed by atoms with van der Waals surface area (Å²) >= 11 is 0. The molecular formula is C35H23N5. The maximum absolute atomic E-state index is 8.61. The van der Waals surface area contributed by atoms with Gasteiger partial charge in [-0.1, -0.05) is 115 Å². The third kappa shape index (κ3) is 4.10. The summed E-state index contributed by atoms with van der Waals surface area (Å²) in [6.07, 6.45) is 3.58. The van der Waals surface area contributed by atoms with Gasteiger partial charge < -0.3 is 0 Å². The Balaban J connectivity index is 1.46. The first-order valence-electron chi connectivity index (χ1n) is 13.0. The van der Waals surface area contributed by atoms with E-state index in [-0.39, 0.29) is 11.4 Å². The third-order valence-electron chi connectivity index (χ3n) is 7.18. The van der Waals surface area contributed by atoms with E-state index in [1.54, 1.807) is 6.08 Å². The van der Waals surface area contributed by atoms with E-state index in [4.69, 9.17) is 25.8 Å². The van der Waals surface area contributed by atoms with Crippen LogP contribution in [-0.2, 0) is 0 Å². The van der Waals surface area contributed by atoms with E-state index < -0.39 is 0 Å². The molecule has 0 atom stereocenters. The molecule has 0 aliphatic heterocycles. The fraction of sp³-hybridized carbons (Fsp3) is 0. The fourth-order valence-electron chi connectivity index (χ4n) is 5.17. The maximum Gasteiger partial charge on any atom is 0.164 e. The maximum atomic E-state index is 8.61. The van der Waals surface area contributed by atoms with E-state index in [0.717, 1.165) is 49.7 Å². The highest BCUT2D eigenvalue weighted by molar-refractivity contribution is 6.53. The van der Waals surface area contributed by atoms with Crippen LogP contribution in [-0.4, -0.2) is 26.4 Å². The molecule has 7 rings (SSSR count). The summed E-state index contributed by atoms with van der Waals surface area (Å²) < 4.78 is 0. The number of allylic oxidation sites excluding steroid dienone is 1. The van der Waals surface area contributed by atoms with Crippen LogP contribution in [0, 0.1) is 10.8 Å². The van der Waals surface area contributed by atoms with Crippen LogP contribution in [0.25, 0.3) is 62.1 Å². The van der Waals surface area contributed by atoms with Gasteiger partial charge in [0.1, 0.15) is 0 Å². The van der Waals surface area contributed by atoms with Crippen molar-refractivity contribution in [1.82, 2.24) is 15.0 Å². The first kappa shape index (κ1) is 23.6. The smallest absolute Gasteiger partial charge is 0.164 e. The zero-order valence-corrected chi connectivity index (χ0v) is 21.5. The molecule has 1 aliphatic rings. The van der Waals surface area contributed by atoms with Crippen LogP contribution in [0.1, 0.15) is 11.1 Å². The highest BCUT2D eigenvalue weighted by Gasteiger charge is 2.20. The summed E-state index contributed by atoms with van der Waals surface area (Å²) in [6.45, 7) is 0. The molecule has 0 unspecified atom stereocenters. The number of benzene rings is 5. The van der Waals surface area contributed by atoms with Gasteiger partial charge in [-0.25, -0.2) is 15.0 Å². The Bertz CT molecular complexity index is 1980. The van der Waals surface area contributed by atoms with Gasteiger partial charge in [0.25, 0.3) is 0 Å². The van der Waals surface area contributed by atoms with E-state index in [9.17, 15) is 0 Å². The van der Waals surface area contributed by atoms with Crippen LogP contribution in [0.15, 0.2) is 121 Å². The van der Waals surface area contributed by atoms with Gasteiger partial charge in [-0.15, -0.1) is 0 Å². The van der Waals surface area contributed by atoms with Crippen molar-refractivity contribution in [2.24, 2.45) is 0 Å². The molecule has 0 spiro atoms. The lowest BCUT2D eigenvalue weighted by Gasteiger charge is -2.16. The summed E-state index contributed by atoms with van der Waals surface area (Å²) in [5.74, 6) is 1.74. The largest absolute Gasteiger partial charge is 0.299 e. The van der Waals surface area contributed by atoms with Gasteiger partial charge in [0.2, 0.25) is 0 Å². The summed E-state index contributed by atoms with van der Waals surface area (Å²) in [7, 11) is 0. The lowest BCUT2D eigenvalue weighted by atomic mass is 9.88. The van der Waals surface area contributed by atoms with Gasteiger partial charge in [0, 0.05) is 22.3 Å². The number of fused-ring (bicyclic) bond motifs is 3. The van der Waals surface area contributed by atoms with Gasteiger partial charge in [0.05, 0.1) is 11.4 Å². The quantitative estimate of drug-likeness (QED) is 0.250. The molecule has 0 saturated heterocycles. The van der Waals surface area contributed by atoms with Crippen molar-refractivity contribution in [3.05, 3.63) is 132 Å². The van der Waals surface area contributed by atoms with E-state index in [2.05, 4.69) is 24.3 Å². The van der Waals surface area contributed by atoms with Crippen LogP contribution in [0.4, 0.5) is 0 Å². The molecule has 5 nitrogen and oxygen atoms in total. The molecule has 5 heteroatoms. The molecule has 6 aromatic rings. The van der Waals surface area contributed by atoms with Crippen LogP contribution < -0.4 is 0 Å². The second-order valence-electron chi connectivity index (χ2n) is 9.67. The van der Waals surface area contributed by atoms with Crippen molar-refractivity contribution in [2.75, 3.05) is 0 Å². The average Bonchev–Trinajstić information content (AvgIpc) is 3.03. The molecule has 1 aliphatic carbocycles. The summed E-state index contributed by atoms with van der Waals surface area (Å²) in [4.78, 5) is 14.9. The minimum atomic E-state index is 0.205. The predicted molar refractivity (Wildman–Crippen MR) is 163 cm³/mol. The molecular weight excluding hydrogens is 490 g/mol. The monoisotopic (exact) mass is 513 g/mol. The van der Waals surface area contributed by atoms with E-state index in [1.165, 1.54) is 0 Å². The number of hydrogen-bond donors (Lipinski definition) is 2. The first-order chi connectivity index (χ1) is 19.7. The van der Waals surface area contributed by atoms with Crippen molar-refractivity contribution in [3.8, 4) is 45.3 Å². The molecule has 188 valence electrons. The molecule has 0 bridgehead atoms. The van der Waals surface area contributed by atoms with Crippen LogP contribution in [0.2, 0.25) is 0 Å². The fourth-order valence-corrected chi connectivity index (χ4v) is 5.17. The van der Waals surface area contributed by atoms with Gasteiger partial charge in [-0.3, -0.25) is 10.8 Å². The molecule has 0 amide bonds. The molecule has 1 aromatic heterocycles. The molecule has 0 fully saturated rings. The highest BCUT2D eigenvalue weighted by atomic mass is 15.0. The van der Waals surface area contributed by atoms with Crippen molar-refractivity contribution >= 4 is 28.3 Å². The van der Waals surface area contributed by atoms with Gasteiger partial charge >= 0.3 is 0 Å². The van der Waals surface area contributed by atoms with Crippen molar-refractivity contribution in [2.45, 2.75) is 0 Å². The standard InChI is InChI=1S/C35H23N5/c36-30-20-19-24-17-15-23-16-18-26(21-29(23)31(24)32(30)37)34-38-33(25-11-5-2-6-12-25)39-35(40-34)28-14-8-7-13-27(28)22-9-3-1-4-10-22/h1-21,36-37H. The number of nitrogens with zero attached hydrogens (tertiary/aromatic N) is 3. The summed E-state index contributed by atoms with van der Waals surface area (Å²) in [5, 5.41) is 18.7. The minimum absolute atomic E-state index is 0.205. The number of nitrogens with one attached hydrogen (secondary N) is 2. The third-order valence-corrected chi connectivity index (χ3v) is 7.18. The lowest BCUT2D eigenvalue weighted by Crippen LogP contribution is -2.16. The first-order valence-corrected chi connectivity index (χ1v) is 13.0. The Morgan fingerprint density at radius 1 is 0.475 bits per heavy atom. The Hall–Kier alpha value is -5.55. The van der Waals surface area contributed by atoms with Crippen LogP contribution >= 0.6 is 0 Å². The lowest BCUT2D eigenvalue weighted by molar-refractivity contribution is 1.07. The van der Waals surface area contributed by atoms with Crippen LogP contribution in [0.5, 0.6) is 0 Å². The van der Waals surface area contributed by atoms with E-state index in [1.807, 2.05) is 97.1 Å². The predicted octanol–water partition coefficient (Wildman–Crippen LogP) is 8.11. The average molecular weight is 514 g/mol. The van der Waals surface area contributed by atoms with Gasteiger partial charge in [-0.2, -0.15) is 0 Å². The molecule has 40 heavy (non-hydrogen) atoms. The normalized spacial score (nSPS) is 12.5. The molecule has 0 saturated carbocycles. The SMILES string of the molecule is N=C1C=Cc2ccc3ccc(-c4nc(-c5ccccc5)nc(-c5ccccc5-c5ccccc5)n4)cc3c2C1=N. The van der Waals surface area contributed by atoms with Crippen molar-refractivity contribution in [3.63, 3.8) is 0 Å². The molecule has 2 N–H and O–H groups in total. The van der Waals surface area contributed by atoms with Crippen molar-refractivity contribution in [1.29, 1.82) is 10.8 Å². The Morgan fingerprint density at radius 2 is 1.07 bits per heavy atom. The molecule has 1 heterocycles. The zero-order valence-electron chi connectivity index (χ0n) is 21.5. The number of hydrogen-bond acceptors (Lipinski definition) is 5. The number of aromatic nitrogens is 3. The molecule has 0 radical (unpaired) electrons. The van der Waals surface area contributed by atoms with Crippen molar-refractivity contribution < 1.29 is 0 Å². The van der Waals surface area contributed by atoms with Gasteiger partial charge in [-0.05, 0) is 39.6 Å². The van der Waals surface area contributed by atoms with Crippen LogP contribution in [0.3, 0.4) is 0 Å². The van der Waals surface area contributed by atoms with Gasteiger partial charge in [0.15, 0.2) is 17.5 Å². The van der Waals surface area contributed by atoms with E-state index in [0.29, 0.717) is 17.5 Å². The Kier molecular flexibility index (Phi) is 5.68.